The van der Waals surface area contributed by atoms with E-state index in [0.717, 1.165) is 47.5 Å². The highest BCUT2D eigenvalue weighted by Crippen LogP contribution is 2.33. The van der Waals surface area contributed by atoms with E-state index in [9.17, 15) is 9.59 Å². The molecule has 1 amide bonds. The fourth-order valence-electron chi connectivity index (χ4n) is 5.52. The number of ketones is 1. The maximum Gasteiger partial charge on any atom is 0.274 e. The van der Waals surface area contributed by atoms with Gasteiger partial charge in [0.15, 0.2) is 23.0 Å². The first-order chi connectivity index (χ1) is 19.0. The molecule has 1 aromatic carbocycles. The van der Waals surface area contributed by atoms with Crippen molar-refractivity contribution in [2.75, 3.05) is 27.3 Å². The van der Waals surface area contributed by atoms with E-state index in [2.05, 4.69) is 13.0 Å². The number of carbonyl (C=O) groups excluding carboxylic acids is 2. The lowest BCUT2D eigenvalue weighted by Crippen LogP contribution is -2.35. The zero-order valence-corrected chi connectivity index (χ0v) is 23.6. The Morgan fingerprint density at radius 2 is 1.97 bits per heavy atom. The summed E-state index contributed by atoms with van der Waals surface area (Å²) in [6.07, 6.45) is 10.2. The molecule has 204 valence electrons. The summed E-state index contributed by atoms with van der Waals surface area (Å²) in [7, 11) is 3.24. The zero-order valence-electron chi connectivity index (χ0n) is 22.8. The molecule has 2 aliphatic rings. The standard InChI is InChI=1S/C31H35N3O4S/c1-21-20-33(15-7-9-22(21)17-27(35)30-12-8-16-39-30)31(36)25-19-24-10-5-4-6-11-26(34(24)32-25)23-13-14-28(37-2)29(18-23)38-3/h4,6,8,11-14,16,18-19,21-22H,5,7,9-10,15,17,20H2,1-3H3/b6-4-,26-11-/t21-,22?/m0/s1. The van der Waals surface area contributed by atoms with E-state index in [1.807, 2.05) is 63.5 Å². The van der Waals surface area contributed by atoms with Gasteiger partial charge in [0.2, 0.25) is 0 Å². The van der Waals surface area contributed by atoms with E-state index in [0.29, 0.717) is 36.7 Å². The van der Waals surface area contributed by atoms with E-state index in [1.165, 1.54) is 11.3 Å². The SMILES string of the molecule is COc1ccc(/C2=C/C=C\CCc3cc(C(=O)N4CCCC(CC(=O)c5cccs5)[C@@H](C)C4)nn32)cc1OC. The van der Waals surface area contributed by atoms with E-state index < -0.39 is 0 Å². The number of amides is 1. The van der Waals surface area contributed by atoms with Crippen LogP contribution in [-0.2, 0) is 6.42 Å². The molecule has 0 radical (unpaired) electrons. The number of ether oxygens (including phenoxy) is 2. The van der Waals surface area contributed by atoms with Crippen molar-refractivity contribution in [3.05, 3.63) is 81.8 Å². The molecule has 1 unspecified atom stereocenters. The van der Waals surface area contributed by atoms with Gasteiger partial charge < -0.3 is 14.4 Å². The molecule has 0 saturated carbocycles. The summed E-state index contributed by atoms with van der Waals surface area (Å²) in [6, 6.07) is 11.5. The maximum atomic E-state index is 13.7. The Kier molecular flexibility index (Phi) is 8.31. The van der Waals surface area contributed by atoms with Crippen LogP contribution >= 0.6 is 11.3 Å². The normalized spacial score (nSPS) is 21.5. The van der Waals surface area contributed by atoms with Crippen molar-refractivity contribution in [3.63, 3.8) is 0 Å². The van der Waals surface area contributed by atoms with Crippen molar-refractivity contribution in [1.82, 2.24) is 14.7 Å². The van der Waals surface area contributed by atoms with E-state index in [1.54, 1.807) is 14.2 Å². The van der Waals surface area contributed by atoms with Gasteiger partial charge in [-0.2, -0.15) is 5.10 Å². The van der Waals surface area contributed by atoms with Crippen LogP contribution in [0.4, 0.5) is 0 Å². The molecule has 0 aliphatic carbocycles. The molecule has 7 nitrogen and oxygen atoms in total. The summed E-state index contributed by atoms with van der Waals surface area (Å²) in [6.45, 7) is 3.46. The molecule has 2 aliphatic heterocycles. The number of aryl methyl sites for hydroxylation is 1. The Bertz CT molecular complexity index is 1390. The fourth-order valence-corrected chi connectivity index (χ4v) is 6.20. The van der Waals surface area contributed by atoms with Crippen molar-refractivity contribution in [2.24, 2.45) is 11.8 Å². The minimum Gasteiger partial charge on any atom is -0.493 e. The minimum absolute atomic E-state index is 0.0500. The largest absolute Gasteiger partial charge is 0.493 e. The molecule has 39 heavy (non-hydrogen) atoms. The van der Waals surface area contributed by atoms with Crippen LogP contribution in [0.25, 0.3) is 5.70 Å². The van der Waals surface area contributed by atoms with Crippen LogP contribution < -0.4 is 9.47 Å². The van der Waals surface area contributed by atoms with Crippen molar-refractivity contribution >= 4 is 28.7 Å². The Labute approximate surface area is 233 Å². The highest BCUT2D eigenvalue weighted by Gasteiger charge is 2.30. The Hall–Kier alpha value is -3.65. The van der Waals surface area contributed by atoms with Gasteiger partial charge in [-0.15, -0.1) is 11.3 Å². The number of allylic oxidation sites excluding steroid dienone is 3. The smallest absolute Gasteiger partial charge is 0.274 e. The number of nitrogens with zero attached hydrogens (tertiary/aromatic N) is 3. The number of aromatic nitrogens is 2. The second kappa shape index (κ2) is 12.0. The highest BCUT2D eigenvalue weighted by atomic mass is 32.1. The first kappa shape index (κ1) is 26.9. The second-order valence-corrected chi connectivity index (χ2v) is 11.2. The van der Waals surface area contributed by atoms with Crippen molar-refractivity contribution in [2.45, 2.75) is 39.0 Å². The van der Waals surface area contributed by atoms with Gasteiger partial charge in [0.05, 0.1) is 24.8 Å². The van der Waals surface area contributed by atoms with Gasteiger partial charge in [-0.25, -0.2) is 4.68 Å². The Morgan fingerprint density at radius 1 is 1.13 bits per heavy atom. The molecule has 0 N–H and O–H groups in total. The molecular weight excluding hydrogens is 510 g/mol. The van der Waals surface area contributed by atoms with E-state index in [4.69, 9.17) is 14.6 Å². The molecule has 2 aromatic heterocycles. The van der Waals surface area contributed by atoms with Gasteiger partial charge in [0.25, 0.3) is 5.91 Å². The van der Waals surface area contributed by atoms with Gasteiger partial charge in [-0.1, -0.05) is 25.1 Å². The third-order valence-corrected chi connectivity index (χ3v) is 8.62. The van der Waals surface area contributed by atoms with E-state index in [-0.39, 0.29) is 23.5 Å². The van der Waals surface area contributed by atoms with Gasteiger partial charge in [0.1, 0.15) is 0 Å². The molecular formula is C31H35N3O4S. The van der Waals surface area contributed by atoms with Crippen molar-refractivity contribution < 1.29 is 19.1 Å². The summed E-state index contributed by atoms with van der Waals surface area (Å²) in [5.74, 6) is 1.95. The van der Waals surface area contributed by atoms with Gasteiger partial charge in [-0.3, -0.25) is 9.59 Å². The molecule has 8 heteroatoms. The van der Waals surface area contributed by atoms with Crippen LogP contribution in [0.3, 0.4) is 0 Å². The number of thiophene rings is 1. The second-order valence-electron chi connectivity index (χ2n) is 10.3. The van der Waals surface area contributed by atoms with Crippen LogP contribution in [-0.4, -0.2) is 53.7 Å². The molecule has 2 atom stereocenters. The lowest BCUT2D eigenvalue weighted by atomic mass is 9.86. The number of Topliss-reactive ketones (excluding diaryl/α,β-unsaturated/α-hetero) is 1. The molecule has 0 bridgehead atoms. The number of hydrogen-bond donors (Lipinski definition) is 0. The number of fused-ring (bicyclic) bond motifs is 1. The number of likely N-dealkylation sites (tertiary alicyclic amines) is 1. The molecule has 4 heterocycles. The van der Waals surface area contributed by atoms with Crippen molar-refractivity contribution in [1.29, 1.82) is 0 Å². The number of methoxy groups -OCH3 is 2. The number of rotatable bonds is 7. The number of benzene rings is 1. The first-order valence-corrected chi connectivity index (χ1v) is 14.4. The average molecular weight is 546 g/mol. The molecule has 5 rings (SSSR count). The van der Waals surface area contributed by atoms with Crippen LogP contribution in [0.2, 0.25) is 0 Å². The highest BCUT2D eigenvalue weighted by molar-refractivity contribution is 7.12. The molecule has 1 saturated heterocycles. The lowest BCUT2D eigenvalue weighted by Gasteiger charge is -2.25. The predicted octanol–water partition coefficient (Wildman–Crippen LogP) is 6.11. The van der Waals surface area contributed by atoms with Crippen LogP contribution in [0.5, 0.6) is 11.5 Å². The first-order valence-electron chi connectivity index (χ1n) is 13.5. The third-order valence-electron chi connectivity index (χ3n) is 7.71. The number of hydrogen-bond acceptors (Lipinski definition) is 6. The molecule has 3 aromatic rings. The zero-order chi connectivity index (χ0) is 27.4. The third kappa shape index (κ3) is 5.86. The predicted molar refractivity (Wildman–Crippen MR) is 154 cm³/mol. The van der Waals surface area contributed by atoms with Gasteiger partial charge in [0, 0.05) is 30.8 Å². The maximum absolute atomic E-state index is 13.7. The number of carbonyl (C=O) groups is 2. The lowest BCUT2D eigenvalue weighted by molar-refractivity contribution is 0.0730. The summed E-state index contributed by atoms with van der Waals surface area (Å²) < 4.78 is 12.8. The average Bonchev–Trinajstić information content (AvgIpc) is 3.58. The Morgan fingerprint density at radius 3 is 2.74 bits per heavy atom. The van der Waals surface area contributed by atoms with Crippen molar-refractivity contribution in [3.8, 4) is 11.5 Å². The van der Waals surface area contributed by atoms with Crippen LogP contribution in [0.15, 0.2) is 60.0 Å². The summed E-state index contributed by atoms with van der Waals surface area (Å²) in [4.78, 5) is 29.2. The molecule has 0 spiro atoms. The van der Waals surface area contributed by atoms with Crippen LogP contribution in [0, 0.1) is 11.8 Å². The minimum atomic E-state index is -0.0500. The summed E-state index contributed by atoms with van der Waals surface area (Å²) in [5.41, 5.74) is 3.24. The van der Waals surface area contributed by atoms with Gasteiger partial charge >= 0.3 is 0 Å². The fraction of sp³-hybridized carbons (Fsp3) is 0.387. The summed E-state index contributed by atoms with van der Waals surface area (Å²) >= 11 is 1.50. The quantitative estimate of drug-likeness (QED) is 0.335. The molecule has 1 fully saturated rings. The monoisotopic (exact) mass is 545 g/mol. The topological polar surface area (TPSA) is 73.7 Å². The Balaban J connectivity index is 1.36. The van der Waals surface area contributed by atoms with Crippen LogP contribution in [0.1, 0.15) is 64.0 Å². The van der Waals surface area contributed by atoms with E-state index >= 15 is 0 Å². The summed E-state index contributed by atoms with van der Waals surface area (Å²) in [5, 5.41) is 6.78. The van der Waals surface area contributed by atoms with Gasteiger partial charge in [-0.05, 0) is 79.3 Å².